The SMILES string of the molecule is COc1ccccc1C(=O)N1C(C(=O)O)COC12CCC(C)CC2. The molecule has 1 saturated heterocycles. The van der Waals surface area contributed by atoms with Crippen LogP contribution in [0.5, 0.6) is 5.75 Å². The third-order valence-electron chi connectivity index (χ3n) is 5.16. The van der Waals surface area contributed by atoms with Crippen LogP contribution in [0.25, 0.3) is 0 Å². The lowest BCUT2D eigenvalue weighted by Gasteiger charge is -2.42. The van der Waals surface area contributed by atoms with Gasteiger partial charge in [-0.2, -0.15) is 0 Å². The standard InChI is InChI=1S/C18H23NO5/c1-12-7-9-18(10-8-12)19(14(11-24-18)17(21)22)16(20)13-5-3-4-6-15(13)23-2/h3-6,12,14H,7-11H2,1-2H3,(H,21,22). The molecule has 1 atom stereocenters. The first-order chi connectivity index (χ1) is 11.5. The molecule has 6 nitrogen and oxygen atoms in total. The zero-order valence-corrected chi connectivity index (χ0v) is 14.0. The predicted molar refractivity (Wildman–Crippen MR) is 86.9 cm³/mol. The lowest BCUT2D eigenvalue weighted by atomic mass is 9.83. The van der Waals surface area contributed by atoms with E-state index in [9.17, 15) is 14.7 Å². The molecule has 24 heavy (non-hydrogen) atoms. The van der Waals surface area contributed by atoms with Crippen LogP contribution in [0.15, 0.2) is 24.3 Å². The summed E-state index contributed by atoms with van der Waals surface area (Å²) in [4.78, 5) is 26.3. The second-order valence-electron chi connectivity index (χ2n) is 6.67. The van der Waals surface area contributed by atoms with Gasteiger partial charge in [0.15, 0.2) is 6.04 Å². The zero-order chi connectivity index (χ0) is 17.3. The van der Waals surface area contributed by atoms with Crippen molar-refractivity contribution < 1.29 is 24.2 Å². The lowest BCUT2D eigenvalue weighted by molar-refractivity contribution is -0.143. The second-order valence-corrected chi connectivity index (χ2v) is 6.67. The molecule has 1 unspecified atom stereocenters. The van der Waals surface area contributed by atoms with Crippen molar-refractivity contribution in [1.82, 2.24) is 4.90 Å². The van der Waals surface area contributed by atoms with Gasteiger partial charge in [0.2, 0.25) is 0 Å². The number of carboxylic acids is 1. The van der Waals surface area contributed by atoms with Crippen molar-refractivity contribution in [3.05, 3.63) is 29.8 Å². The van der Waals surface area contributed by atoms with E-state index in [0.717, 1.165) is 12.8 Å². The second kappa shape index (κ2) is 6.43. The molecule has 1 N–H and O–H groups in total. The van der Waals surface area contributed by atoms with Crippen LogP contribution >= 0.6 is 0 Å². The van der Waals surface area contributed by atoms with Gasteiger partial charge in [-0.3, -0.25) is 9.69 Å². The molecular formula is C18H23NO5. The van der Waals surface area contributed by atoms with Crippen LogP contribution in [0.2, 0.25) is 0 Å². The van der Waals surface area contributed by atoms with E-state index in [-0.39, 0.29) is 12.5 Å². The Labute approximate surface area is 141 Å². The first-order valence-corrected chi connectivity index (χ1v) is 8.32. The normalized spacial score (nSPS) is 29.7. The summed E-state index contributed by atoms with van der Waals surface area (Å²) >= 11 is 0. The average Bonchev–Trinajstić information content (AvgIpc) is 2.96. The van der Waals surface area contributed by atoms with Crippen LogP contribution in [0, 0.1) is 5.92 Å². The highest BCUT2D eigenvalue weighted by Crippen LogP contribution is 2.43. The van der Waals surface area contributed by atoms with Crippen molar-refractivity contribution in [2.24, 2.45) is 5.92 Å². The van der Waals surface area contributed by atoms with Gasteiger partial charge in [-0.1, -0.05) is 19.1 Å². The summed E-state index contributed by atoms with van der Waals surface area (Å²) in [6.45, 7) is 2.20. The van der Waals surface area contributed by atoms with E-state index in [4.69, 9.17) is 9.47 Å². The highest BCUT2D eigenvalue weighted by Gasteiger charge is 2.54. The minimum absolute atomic E-state index is 0.0323. The van der Waals surface area contributed by atoms with Gasteiger partial charge in [-0.15, -0.1) is 0 Å². The summed E-state index contributed by atoms with van der Waals surface area (Å²) in [7, 11) is 1.50. The minimum atomic E-state index is -1.03. The average molecular weight is 333 g/mol. The quantitative estimate of drug-likeness (QED) is 0.920. The van der Waals surface area contributed by atoms with Crippen LogP contribution in [0.3, 0.4) is 0 Å². The molecule has 0 radical (unpaired) electrons. The van der Waals surface area contributed by atoms with Crippen LogP contribution in [0.1, 0.15) is 43.0 Å². The molecule has 2 fully saturated rings. The fourth-order valence-corrected chi connectivity index (χ4v) is 3.72. The van der Waals surface area contributed by atoms with Gasteiger partial charge in [-0.25, -0.2) is 4.79 Å². The molecule has 0 aromatic heterocycles. The fourth-order valence-electron chi connectivity index (χ4n) is 3.72. The van der Waals surface area contributed by atoms with Gasteiger partial charge in [0.05, 0.1) is 19.3 Å². The van der Waals surface area contributed by atoms with Crippen molar-refractivity contribution in [3.8, 4) is 5.75 Å². The first kappa shape index (κ1) is 16.8. The Balaban J connectivity index is 1.99. The zero-order valence-electron chi connectivity index (χ0n) is 14.0. The van der Waals surface area contributed by atoms with Gasteiger partial charge >= 0.3 is 5.97 Å². The molecule has 1 aromatic rings. The van der Waals surface area contributed by atoms with Crippen molar-refractivity contribution >= 4 is 11.9 Å². The maximum absolute atomic E-state index is 13.2. The van der Waals surface area contributed by atoms with E-state index in [1.54, 1.807) is 24.3 Å². The summed E-state index contributed by atoms with van der Waals surface area (Å²) in [5.41, 5.74) is -0.442. The smallest absolute Gasteiger partial charge is 0.328 e. The Morgan fingerprint density at radius 1 is 1.29 bits per heavy atom. The van der Waals surface area contributed by atoms with E-state index in [0.29, 0.717) is 30.1 Å². The molecule has 1 aromatic carbocycles. The Hall–Kier alpha value is -2.08. The number of hydrogen-bond donors (Lipinski definition) is 1. The highest BCUT2D eigenvalue weighted by molar-refractivity contribution is 5.99. The molecule has 1 amide bonds. The van der Waals surface area contributed by atoms with Gasteiger partial charge in [0.25, 0.3) is 5.91 Å². The Morgan fingerprint density at radius 3 is 2.58 bits per heavy atom. The molecule has 0 bridgehead atoms. The summed E-state index contributed by atoms with van der Waals surface area (Å²) in [5.74, 6) is -0.371. The van der Waals surface area contributed by atoms with E-state index in [1.165, 1.54) is 12.0 Å². The van der Waals surface area contributed by atoms with Crippen molar-refractivity contribution in [2.75, 3.05) is 13.7 Å². The number of benzene rings is 1. The van der Waals surface area contributed by atoms with Gasteiger partial charge in [-0.05, 0) is 43.7 Å². The topological polar surface area (TPSA) is 76.1 Å². The number of ether oxygens (including phenoxy) is 2. The third-order valence-corrected chi connectivity index (χ3v) is 5.16. The van der Waals surface area contributed by atoms with Crippen molar-refractivity contribution in [2.45, 2.75) is 44.4 Å². The van der Waals surface area contributed by atoms with E-state index < -0.39 is 17.7 Å². The van der Waals surface area contributed by atoms with E-state index in [1.807, 2.05) is 0 Å². The number of aliphatic carboxylic acids is 1. The number of carbonyl (C=O) groups is 2. The minimum Gasteiger partial charge on any atom is -0.496 e. The molecule has 130 valence electrons. The molecule has 2 aliphatic rings. The number of methoxy groups -OCH3 is 1. The summed E-state index contributed by atoms with van der Waals surface area (Å²) in [5, 5.41) is 9.57. The van der Waals surface area contributed by atoms with Crippen LogP contribution < -0.4 is 4.74 Å². The number of rotatable bonds is 3. The summed E-state index contributed by atoms with van der Waals surface area (Å²) < 4.78 is 11.2. The molecule has 3 rings (SSSR count). The largest absolute Gasteiger partial charge is 0.496 e. The molecule has 1 saturated carbocycles. The first-order valence-electron chi connectivity index (χ1n) is 8.32. The maximum atomic E-state index is 13.2. The van der Waals surface area contributed by atoms with Crippen LogP contribution in [0.4, 0.5) is 0 Å². The number of carbonyl (C=O) groups excluding carboxylic acids is 1. The number of para-hydroxylation sites is 1. The monoisotopic (exact) mass is 333 g/mol. The summed E-state index contributed by atoms with van der Waals surface area (Å²) in [6.07, 6.45) is 3.17. The molecule has 1 aliphatic carbocycles. The lowest BCUT2D eigenvalue weighted by Crippen LogP contribution is -2.55. The maximum Gasteiger partial charge on any atom is 0.328 e. The predicted octanol–water partition coefficient (Wildman–Crippen LogP) is 2.53. The molecular weight excluding hydrogens is 310 g/mol. The number of amides is 1. The molecule has 6 heteroatoms. The van der Waals surface area contributed by atoms with E-state index in [2.05, 4.69) is 6.92 Å². The Kier molecular flexibility index (Phi) is 4.49. The molecule has 1 aliphatic heterocycles. The van der Waals surface area contributed by atoms with Gasteiger partial charge in [0.1, 0.15) is 11.5 Å². The van der Waals surface area contributed by atoms with Crippen LogP contribution in [-0.2, 0) is 9.53 Å². The van der Waals surface area contributed by atoms with Gasteiger partial charge < -0.3 is 14.6 Å². The number of nitrogens with zero attached hydrogens (tertiary/aromatic N) is 1. The van der Waals surface area contributed by atoms with E-state index >= 15 is 0 Å². The van der Waals surface area contributed by atoms with Crippen molar-refractivity contribution in [3.63, 3.8) is 0 Å². The Bertz CT molecular complexity index is 636. The van der Waals surface area contributed by atoms with Gasteiger partial charge in [0, 0.05) is 0 Å². The number of carboxylic acid groups (broad SMARTS) is 1. The van der Waals surface area contributed by atoms with Crippen molar-refractivity contribution in [1.29, 1.82) is 0 Å². The molecule has 1 heterocycles. The fraction of sp³-hybridized carbons (Fsp3) is 0.556. The molecule has 1 spiro atoms. The van der Waals surface area contributed by atoms with Crippen LogP contribution in [-0.4, -0.2) is 47.4 Å². The third kappa shape index (κ3) is 2.75. The number of hydrogen-bond acceptors (Lipinski definition) is 4. The highest BCUT2D eigenvalue weighted by atomic mass is 16.5. The summed E-state index contributed by atoms with van der Waals surface area (Å²) in [6, 6.07) is 5.93. The Morgan fingerprint density at radius 2 is 1.96 bits per heavy atom.